The van der Waals surface area contributed by atoms with E-state index in [1.165, 1.54) is 11.1 Å². The SMILES string of the molecule is Cc1cnn(CCCN2CC(c3ccccc3)CC2=O)c1. The van der Waals surface area contributed by atoms with Gasteiger partial charge in [0.1, 0.15) is 0 Å². The van der Waals surface area contributed by atoms with Crippen molar-refractivity contribution in [2.45, 2.75) is 32.2 Å². The zero-order valence-corrected chi connectivity index (χ0v) is 12.4. The Kier molecular flexibility index (Phi) is 4.04. The first-order valence-electron chi connectivity index (χ1n) is 7.54. The predicted molar refractivity (Wildman–Crippen MR) is 82.0 cm³/mol. The van der Waals surface area contributed by atoms with Crippen molar-refractivity contribution < 1.29 is 4.79 Å². The van der Waals surface area contributed by atoms with E-state index in [9.17, 15) is 4.79 Å². The van der Waals surface area contributed by atoms with Crippen molar-refractivity contribution in [2.75, 3.05) is 13.1 Å². The summed E-state index contributed by atoms with van der Waals surface area (Å²) < 4.78 is 1.95. The van der Waals surface area contributed by atoms with Gasteiger partial charge >= 0.3 is 0 Å². The molecule has 4 nitrogen and oxygen atoms in total. The molecule has 0 bridgehead atoms. The minimum absolute atomic E-state index is 0.278. The molecule has 0 saturated carbocycles. The molecule has 1 saturated heterocycles. The molecule has 3 rings (SSSR count). The van der Waals surface area contributed by atoms with Gasteiger partial charge < -0.3 is 4.90 Å². The summed E-state index contributed by atoms with van der Waals surface area (Å²) in [7, 11) is 0. The van der Waals surface area contributed by atoms with Crippen LogP contribution in [0.4, 0.5) is 0 Å². The zero-order chi connectivity index (χ0) is 14.7. The minimum atomic E-state index is 0.278. The van der Waals surface area contributed by atoms with Crippen LogP contribution < -0.4 is 0 Å². The first-order chi connectivity index (χ1) is 10.2. The molecule has 1 aromatic carbocycles. The summed E-state index contributed by atoms with van der Waals surface area (Å²) in [6.07, 6.45) is 5.50. The topological polar surface area (TPSA) is 38.1 Å². The smallest absolute Gasteiger partial charge is 0.223 e. The standard InChI is InChI=1S/C17H21N3O/c1-14-11-18-20(12-14)9-5-8-19-13-16(10-17(19)21)15-6-3-2-4-7-15/h2-4,6-7,11-12,16H,5,8-10,13H2,1H3. The van der Waals surface area contributed by atoms with Crippen molar-refractivity contribution in [2.24, 2.45) is 0 Å². The second-order valence-corrected chi connectivity index (χ2v) is 5.79. The summed E-state index contributed by atoms with van der Waals surface area (Å²) in [6, 6.07) is 10.3. The van der Waals surface area contributed by atoms with Crippen molar-refractivity contribution in [1.29, 1.82) is 0 Å². The van der Waals surface area contributed by atoms with Crippen molar-refractivity contribution in [3.63, 3.8) is 0 Å². The Morgan fingerprint density at radius 2 is 2.05 bits per heavy atom. The third kappa shape index (κ3) is 3.32. The molecule has 0 spiro atoms. The monoisotopic (exact) mass is 283 g/mol. The molecule has 0 aliphatic carbocycles. The maximum atomic E-state index is 12.1. The number of benzene rings is 1. The molecular formula is C17H21N3O. The van der Waals surface area contributed by atoms with Gasteiger partial charge in [0.15, 0.2) is 0 Å². The van der Waals surface area contributed by atoms with Crippen LogP contribution in [0.5, 0.6) is 0 Å². The number of aryl methyl sites for hydroxylation is 2. The summed E-state index contributed by atoms with van der Waals surface area (Å²) in [5, 5.41) is 4.27. The fraction of sp³-hybridized carbons (Fsp3) is 0.412. The highest BCUT2D eigenvalue weighted by Gasteiger charge is 2.29. The normalized spacial score (nSPS) is 18.4. The van der Waals surface area contributed by atoms with Crippen LogP contribution in [0, 0.1) is 6.92 Å². The van der Waals surface area contributed by atoms with Gasteiger partial charge in [-0.1, -0.05) is 30.3 Å². The van der Waals surface area contributed by atoms with Crippen LogP contribution in [0.25, 0.3) is 0 Å². The molecule has 1 aromatic heterocycles. The summed E-state index contributed by atoms with van der Waals surface area (Å²) in [5.41, 5.74) is 2.45. The van der Waals surface area contributed by atoms with Gasteiger partial charge in [-0.25, -0.2) is 0 Å². The fourth-order valence-corrected chi connectivity index (χ4v) is 2.95. The average molecular weight is 283 g/mol. The Hall–Kier alpha value is -2.10. The van der Waals surface area contributed by atoms with Crippen molar-refractivity contribution in [1.82, 2.24) is 14.7 Å². The lowest BCUT2D eigenvalue weighted by atomic mass is 9.99. The lowest BCUT2D eigenvalue weighted by Crippen LogP contribution is -2.27. The van der Waals surface area contributed by atoms with Gasteiger partial charge in [0.2, 0.25) is 5.91 Å². The molecule has 1 aliphatic heterocycles. The number of rotatable bonds is 5. The second-order valence-electron chi connectivity index (χ2n) is 5.79. The van der Waals surface area contributed by atoms with E-state index in [2.05, 4.69) is 17.2 Å². The van der Waals surface area contributed by atoms with E-state index in [1.54, 1.807) is 0 Å². The Bertz CT molecular complexity index is 606. The van der Waals surface area contributed by atoms with E-state index in [-0.39, 0.29) is 5.91 Å². The van der Waals surface area contributed by atoms with Crippen LogP contribution >= 0.6 is 0 Å². The molecule has 1 amide bonds. The van der Waals surface area contributed by atoms with Gasteiger partial charge in [0.05, 0.1) is 6.20 Å². The molecule has 2 heterocycles. The summed E-state index contributed by atoms with van der Waals surface area (Å²) in [5.74, 6) is 0.631. The first kappa shape index (κ1) is 13.9. The molecular weight excluding hydrogens is 262 g/mol. The van der Waals surface area contributed by atoms with Gasteiger partial charge in [-0.2, -0.15) is 5.10 Å². The van der Waals surface area contributed by atoms with Gasteiger partial charge in [0.25, 0.3) is 0 Å². The Morgan fingerprint density at radius 3 is 2.76 bits per heavy atom. The molecule has 0 N–H and O–H groups in total. The number of hydrogen-bond acceptors (Lipinski definition) is 2. The molecule has 0 radical (unpaired) electrons. The maximum absolute atomic E-state index is 12.1. The zero-order valence-electron chi connectivity index (χ0n) is 12.4. The number of likely N-dealkylation sites (tertiary alicyclic amines) is 1. The minimum Gasteiger partial charge on any atom is -0.342 e. The van der Waals surface area contributed by atoms with Crippen LogP contribution in [0.1, 0.15) is 29.9 Å². The van der Waals surface area contributed by atoms with Crippen LogP contribution in [-0.4, -0.2) is 33.7 Å². The highest BCUT2D eigenvalue weighted by atomic mass is 16.2. The lowest BCUT2D eigenvalue weighted by Gasteiger charge is -2.16. The number of carbonyl (C=O) groups excluding carboxylic acids is 1. The molecule has 1 atom stereocenters. The van der Waals surface area contributed by atoms with E-state index in [0.717, 1.165) is 26.1 Å². The quantitative estimate of drug-likeness (QED) is 0.846. The number of carbonyl (C=O) groups is 1. The molecule has 110 valence electrons. The number of amides is 1. The van der Waals surface area contributed by atoms with Crippen LogP contribution in [0.3, 0.4) is 0 Å². The van der Waals surface area contributed by atoms with Gasteiger partial charge in [0, 0.05) is 38.2 Å². The highest BCUT2D eigenvalue weighted by Crippen LogP contribution is 2.27. The number of nitrogens with zero attached hydrogens (tertiary/aromatic N) is 3. The summed E-state index contributed by atoms with van der Waals surface area (Å²) in [6.45, 7) is 4.58. The van der Waals surface area contributed by atoms with Crippen LogP contribution in [0.2, 0.25) is 0 Å². The molecule has 1 unspecified atom stereocenters. The number of hydrogen-bond donors (Lipinski definition) is 0. The van der Waals surface area contributed by atoms with Gasteiger partial charge in [-0.3, -0.25) is 9.48 Å². The van der Waals surface area contributed by atoms with E-state index >= 15 is 0 Å². The van der Waals surface area contributed by atoms with E-state index in [4.69, 9.17) is 0 Å². The predicted octanol–water partition coefficient (Wildman–Crippen LogP) is 2.60. The summed E-state index contributed by atoms with van der Waals surface area (Å²) >= 11 is 0. The second kappa shape index (κ2) is 6.12. The molecule has 2 aromatic rings. The Morgan fingerprint density at radius 1 is 1.24 bits per heavy atom. The molecule has 1 fully saturated rings. The molecule has 21 heavy (non-hydrogen) atoms. The van der Waals surface area contributed by atoms with E-state index < -0.39 is 0 Å². The van der Waals surface area contributed by atoms with Crippen molar-refractivity contribution in [3.05, 3.63) is 53.9 Å². The number of aromatic nitrogens is 2. The fourth-order valence-electron chi connectivity index (χ4n) is 2.95. The van der Waals surface area contributed by atoms with Crippen LogP contribution in [-0.2, 0) is 11.3 Å². The largest absolute Gasteiger partial charge is 0.342 e. The van der Waals surface area contributed by atoms with Crippen LogP contribution in [0.15, 0.2) is 42.7 Å². The third-order valence-electron chi connectivity index (χ3n) is 4.06. The van der Waals surface area contributed by atoms with Crippen molar-refractivity contribution in [3.8, 4) is 0 Å². The van der Waals surface area contributed by atoms with E-state index in [0.29, 0.717) is 12.3 Å². The first-order valence-corrected chi connectivity index (χ1v) is 7.54. The third-order valence-corrected chi connectivity index (χ3v) is 4.06. The Balaban J connectivity index is 1.51. The summed E-state index contributed by atoms with van der Waals surface area (Å²) in [4.78, 5) is 14.1. The molecule has 4 heteroatoms. The Labute approximate surface area is 125 Å². The molecule has 1 aliphatic rings. The average Bonchev–Trinajstić information content (AvgIpc) is 3.07. The van der Waals surface area contributed by atoms with Gasteiger partial charge in [-0.05, 0) is 24.5 Å². The van der Waals surface area contributed by atoms with Crippen molar-refractivity contribution >= 4 is 5.91 Å². The lowest BCUT2D eigenvalue weighted by molar-refractivity contribution is -0.127. The maximum Gasteiger partial charge on any atom is 0.223 e. The van der Waals surface area contributed by atoms with Gasteiger partial charge in [-0.15, -0.1) is 0 Å². The highest BCUT2D eigenvalue weighted by molar-refractivity contribution is 5.79. The van der Waals surface area contributed by atoms with E-state index in [1.807, 2.05) is 47.1 Å².